The van der Waals surface area contributed by atoms with Gasteiger partial charge in [0.1, 0.15) is 0 Å². The van der Waals surface area contributed by atoms with Crippen LogP contribution in [0.2, 0.25) is 0 Å². The summed E-state index contributed by atoms with van der Waals surface area (Å²) in [4.78, 5) is 23.0. The largest absolute Gasteiger partial charge is 0.354 e. The number of aromatic nitrogens is 3. The van der Waals surface area contributed by atoms with Crippen molar-refractivity contribution in [2.24, 2.45) is 0 Å². The zero-order valence-electron chi connectivity index (χ0n) is 21.3. The molecule has 0 aliphatic heterocycles. The summed E-state index contributed by atoms with van der Waals surface area (Å²) < 4.78 is 1.97. The lowest BCUT2D eigenvalue weighted by molar-refractivity contribution is -0.384. The van der Waals surface area contributed by atoms with Gasteiger partial charge in [-0.3, -0.25) is 19.5 Å². The zero-order valence-corrected chi connectivity index (χ0v) is 22.1. The third kappa shape index (κ3) is 7.52. The molecule has 1 heterocycles. The molecule has 3 aromatic carbocycles. The first-order valence-electron chi connectivity index (χ1n) is 12.7. The van der Waals surface area contributed by atoms with E-state index in [0.29, 0.717) is 12.2 Å². The second kappa shape index (κ2) is 13.5. The van der Waals surface area contributed by atoms with Crippen molar-refractivity contribution in [2.45, 2.75) is 50.2 Å². The number of hydrogen-bond acceptors (Lipinski definition) is 6. The first-order valence-corrected chi connectivity index (χ1v) is 13.7. The molecule has 8 nitrogen and oxygen atoms in total. The molecule has 1 amide bonds. The van der Waals surface area contributed by atoms with Gasteiger partial charge in [0.05, 0.1) is 4.92 Å². The van der Waals surface area contributed by atoms with Gasteiger partial charge in [0.15, 0.2) is 11.0 Å². The number of aryl methyl sites for hydroxylation is 1. The fourth-order valence-electron chi connectivity index (χ4n) is 4.09. The Labute approximate surface area is 226 Å². The van der Waals surface area contributed by atoms with Gasteiger partial charge < -0.3 is 5.32 Å². The molecule has 0 fully saturated rings. The van der Waals surface area contributed by atoms with Gasteiger partial charge in [-0.05, 0) is 62.4 Å². The highest BCUT2D eigenvalue weighted by Crippen LogP contribution is 2.29. The van der Waals surface area contributed by atoms with Gasteiger partial charge in [0.25, 0.3) is 5.69 Å². The van der Waals surface area contributed by atoms with Crippen molar-refractivity contribution in [3.05, 3.63) is 101 Å². The number of carbonyl (C=O) groups is 1. The van der Waals surface area contributed by atoms with Crippen molar-refractivity contribution in [3.63, 3.8) is 0 Å². The molecule has 1 N–H and O–H groups in total. The van der Waals surface area contributed by atoms with Crippen molar-refractivity contribution in [1.29, 1.82) is 0 Å². The maximum atomic E-state index is 12.4. The van der Waals surface area contributed by atoms with E-state index in [1.807, 2.05) is 53.1 Å². The van der Waals surface area contributed by atoms with Crippen molar-refractivity contribution in [3.8, 4) is 17.1 Å². The maximum Gasteiger partial charge on any atom is 0.269 e. The van der Waals surface area contributed by atoms with Crippen LogP contribution >= 0.6 is 11.8 Å². The number of nitrogens with zero attached hydrogens (tertiary/aromatic N) is 4. The van der Waals surface area contributed by atoms with Crippen LogP contribution in [0.5, 0.6) is 0 Å². The van der Waals surface area contributed by atoms with Gasteiger partial charge >= 0.3 is 0 Å². The minimum Gasteiger partial charge on any atom is -0.354 e. The number of non-ortho nitro benzene ring substituents is 1. The van der Waals surface area contributed by atoms with E-state index in [-0.39, 0.29) is 17.6 Å². The van der Waals surface area contributed by atoms with Crippen molar-refractivity contribution < 1.29 is 9.72 Å². The van der Waals surface area contributed by atoms with E-state index >= 15 is 0 Å². The van der Waals surface area contributed by atoms with Crippen LogP contribution in [0, 0.1) is 10.1 Å². The van der Waals surface area contributed by atoms with Crippen LogP contribution in [0.3, 0.4) is 0 Å². The minimum atomic E-state index is -0.418. The van der Waals surface area contributed by atoms with Gasteiger partial charge in [-0.25, -0.2) is 0 Å². The molecule has 1 unspecified atom stereocenters. The lowest BCUT2D eigenvalue weighted by atomic mass is 10.1. The van der Waals surface area contributed by atoms with Gasteiger partial charge in [0, 0.05) is 41.6 Å². The monoisotopic (exact) mass is 529 g/mol. The Balaban J connectivity index is 1.29. The number of para-hydroxylation sites is 1. The second-order valence-corrected chi connectivity index (χ2v) is 10.1. The third-order valence-corrected chi connectivity index (χ3v) is 7.14. The first-order chi connectivity index (χ1) is 18.5. The molecule has 196 valence electrons. The van der Waals surface area contributed by atoms with Crippen LogP contribution in [0.25, 0.3) is 17.1 Å². The molecule has 0 bridgehead atoms. The van der Waals surface area contributed by atoms with E-state index < -0.39 is 4.92 Å². The zero-order chi connectivity index (χ0) is 26.7. The Morgan fingerprint density at radius 2 is 1.66 bits per heavy atom. The summed E-state index contributed by atoms with van der Waals surface area (Å²) in [5.41, 5.74) is 2.98. The molecule has 1 atom stereocenters. The van der Waals surface area contributed by atoms with E-state index in [9.17, 15) is 14.9 Å². The number of nitrogens with one attached hydrogen (secondary N) is 1. The van der Waals surface area contributed by atoms with E-state index in [2.05, 4.69) is 34.6 Å². The molecule has 38 heavy (non-hydrogen) atoms. The summed E-state index contributed by atoms with van der Waals surface area (Å²) in [6.07, 6.45) is 4.01. The molecule has 0 saturated heterocycles. The molecule has 1 aromatic heterocycles. The topological polar surface area (TPSA) is 103 Å². The Morgan fingerprint density at radius 1 is 0.974 bits per heavy atom. The molecular weight excluding hydrogens is 498 g/mol. The number of benzene rings is 3. The van der Waals surface area contributed by atoms with Crippen LogP contribution < -0.4 is 5.32 Å². The lowest BCUT2D eigenvalue weighted by Crippen LogP contribution is -2.32. The molecule has 0 aliphatic carbocycles. The molecule has 4 rings (SSSR count). The number of carbonyl (C=O) groups excluding carboxylic acids is 1. The SMILES string of the molecule is CC(CCc1ccccc1)NC(=O)CCCCSc1nnc(-c2ccc([N+](=O)[O-])cc2)n1-c1ccccc1. The Bertz CT molecular complexity index is 1330. The number of unbranched alkanes of at least 4 members (excludes halogenated alkanes) is 1. The van der Waals surface area contributed by atoms with Gasteiger partial charge in [0.2, 0.25) is 5.91 Å². The molecule has 0 saturated carbocycles. The van der Waals surface area contributed by atoms with E-state index in [1.165, 1.54) is 17.7 Å². The number of thioether (sulfide) groups is 1. The second-order valence-electron chi connectivity index (χ2n) is 9.08. The summed E-state index contributed by atoms with van der Waals surface area (Å²) in [6, 6.07) is 26.6. The van der Waals surface area contributed by atoms with Crippen LogP contribution in [0.4, 0.5) is 5.69 Å². The molecule has 0 radical (unpaired) electrons. The van der Waals surface area contributed by atoms with Gasteiger partial charge in [-0.15, -0.1) is 10.2 Å². The molecule has 4 aromatic rings. The fourth-order valence-corrected chi connectivity index (χ4v) is 5.04. The van der Waals surface area contributed by atoms with Gasteiger partial charge in [-0.1, -0.05) is 60.3 Å². The summed E-state index contributed by atoms with van der Waals surface area (Å²) in [5.74, 6) is 1.50. The fraction of sp³-hybridized carbons (Fsp3) is 0.276. The number of amides is 1. The number of rotatable bonds is 13. The predicted molar refractivity (Wildman–Crippen MR) is 150 cm³/mol. The average Bonchev–Trinajstić information content (AvgIpc) is 3.36. The van der Waals surface area contributed by atoms with Crippen LogP contribution in [-0.2, 0) is 11.2 Å². The highest BCUT2D eigenvalue weighted by Gasteiger charge is 2.17. The summed E-state index contributed by atoms with van der Waals surface area (Å²) >= 11 is 1.59. The first kappa shape index (κ1) is 27.1. The van der Waals surface area contributed by atoms with Crippen molar-refractivity contribution >= 4 is 23.4 Å². The quantitative estimate of drug-likeness (QED) is 0.0951. The predicted octanol–water partition coefficient (Wildman–Crippen LogP) is 6.24. The lowest BCUT2D eigenvalue weighted by Gasteiger charge is -2.14. The minimum absolute atomic E-state index is 0.0313. The summed E-state index contributed by atoms with van der Waals surface area (Å²) in [7, 11) is 0. The maximum absolute atomic E-state index is 12.4. The molecule has 0 aliphatic rings. The van der Waals surface area contributed by atoms with Crippen molar-refractivity contribution in [1.82, 2.24) is 20.1 Å². The number of hydrogen-bond donors (Lipinski definition) is 1. The van der Waals surface area contributed by atoms with Gasteiger partial charge in [-0.2, -0.15) is 0 Å². The van der Waals surface area contributed by atoms with E-state index in [0.717, 1.165) is 47.8 Å². The van der Waals surface area contributed by atoms with Crippen LogP contribution in [0.15, 0.2) is 90.1 Å². The number of nitro groups is 1. The molecule has 9 heteroatoms. The Hall–Kier alpha value is -3.98. The van der Waals surface area contributed by atoms with Crippen LogP contribution in [-0.4, -0.2) is 37.4 Å². The van der Waals surface area contributed by atoms with E-state index in [4.69, 9.17) is 0 Å². The van der Waals surface area contributed by atoms with Crippen LogP contribution in [0.1, 0.15) is 38.2 Å². The standard InChI is InChI=1S/C29H31N5O3S/c1-22(15-16-23-10-4-2-5-11-23)30-27(35)14-8-9-21-38-29-32-31-28(33(29)25-12-6-3-7-13-25)24-17-19-26(20-18-24)34(36)37/h2-7,10-13,17-20,22H,8-9,14-16,21H2,1H3,(H,30,35). The Kier molecular flexibility index (Phi) is 9.64. The van der Waals surface area contributed by atoms with Crippen molar-refractivity contribution in [2.75, 3.05) is 5.75 Å². The number of nitro benzene ring substituents is 1. The third-order valence-electron chi connectivity index (χ3n) is 6.13. The summed E-state index contributed by atoms with van der Waals surface area (Å²) in [6.45, 7) is 2.05. The smallest absolute Gasteiger partial charge is 0.269 e. The highest BCUT2D eigenvalue weighted by molar-refractivity contribution is 7.99. The average molecular weight is 530 g/mol. The summed E-state index contributed by atoms with van der Waals surface area (Å²) in [5, 5.41) is 23.7. The molecular formula is C29H31N5O3S. The van der Waals surface area contributed by atoms with E-state index in [1.54, 1.807) is 23.9 Å². The molecule has 0 spiro atoms. The highest BCUT2D eigenvalue weighted by atomic mass is 32.2. The normalized spacial score (nSPS) is 11.7. The Morgan fingerprint density at radius 3 is 2.34 bits per heavy atom.